The molecule has 3 nitrogen and oxygen atoms in total. The summed E-state index contributed by atoms with van der Waals surface area (Å²) in [6, 6.07) is 48.2. The average molecular weight is 537 g/mol. The first-order valence-electron chi connectivity index (χ1n) is 14.5. The van der Waals surface area contributed by atoms with Gasteiger partial charge in [0.1, 0.15) is 11.7 Å². The Hall–Kier alpha value is -5.54. The molecule has 10 rings (SSSR count). The molecule has 0 radical (unpaired) electrons. The van der Waals surface area contributed by atoms with Crippen molar-refractivity contribution >= 4 is 60.3 Å². The van der Waals surface area contributed by atoms with E-state index in [0.717, 1.165) is 33.7 Å². The molecule has 0 saturated carbocycles. The summed E-state index contributed by atoms with van der Waals surface area (Å²) in [5, 5.41) is 12.6. The van der Waals surface area contributed by atoms with Gasteiger partial charge in [-0.15, -0.1) is 0 Å². The molecule has 1 unspecified atom stereocenters. The van der Waals surface area contributed by atoms with Crippen LogP contribution in [-0.4, -0.2) is 0 Å². The number of hydrogen-bond acceptors (Lipinski definition) is 3. The van der Waals surface area contributed by atoms with Crippen LogP contribution < -0.4 is 10.2 Å². The molecule has 1 atom stereocenters. The smallest absolute Gasteiger partial charge is 0.159 e. The average Bonchev–Trinajstić information content (AvgIpc) is 3.63. The first-order chi connectivity index (χ1) is 20.8. The van der Waals surface area contributed by atoms with Gasteiger partial charge in [-0.25, -0.2) is 0 Å². The Bertz CT molecular complexity index is 2380. The van der Waals surface area contributed by atoms with Crippen LogP contribution in [0.2, 0.25) is 0 Å². The lowest BCUT2D eigenvalue weighted by Crippen LogP contribution is -2.27. The number of rotatable bonds is 1. The molecule has 0 spiro atoms. The second-order valence-corrected chi connectivity index (χ2v) is 11.4. The maximum absolute atomic E-state index is 6.64. The summed E-state index contributed by atoms with van der Waals surface area (Å²) in [6.07, 6.45) is 0.0240. The molecule has 0 saturated heterocycles. The number of anilines is 3. The van der Waals surface area contributed by atoms with Crippen molar-refractivity contribution in [3.8, 4) is 22.5 Å². The second kappa shape index (κ2) is 8.02. The lowest BCUT2D eigenvalue weighted by Gasteiger charge is -2.32. The Balaban J connectivity index is 1.23. The van der Waals surface area contributed by atoms with E-state index in [1.807, 2.05) is 0 Å². The van der Waals surface area contributed by atoms with Crippen LogP contribution in [0.3, 0.4) is 0 Å². The van der Waals surface area contributed by atoms with Crippen LogP contribution in [0.15, 0.2) is 138 Å². The number of nitrogens with zero attached hydrogens (tertiary/aromatic N) is 1. The van der Waals surface area contributed by atoms with Crippen LogP contribution in [0.5, 0.6) is 0 Å². The lowest BCUT2D eigenvalue weighted by molar-refractivity contribution is 0.622. The SMILES string of the molecule is c1ccc2c(c1)NC1c3ccccc3-c3oc4ccc(-c5ccc6c7ccccc7c7ccccc7c6c5)cc4c3N21. The molecule has 0 bridgehead atoms. The molecular formula is C39H24N2O. The molecule has 8 aromatic rings. The molecular weight excluding hydrogens is 512 g/mol. The van der Waals surface area contributed by atoms with Crippen LogP contribution in [0.4, 0.5) is 17.1 Å². The van der Waals surface area contributed by atoms with Crippen molar-refractivity contribution in [3.05, 3.63) is 139 Å². The number of para-hydroxylation sites is 2. The molecule has 3 heteroatoms. The van der Waals surface area contributed by atoms with Crippen molar-refractivity contribution in [3.63, 3.8) is 0 Å². The zero-order valence-corrected chi connectivity index (χ0v) is 22.6. The standard InChI is InChI=1S/C39H24N2O/c1-2-11-27-25(9-1)26-10-3-4-12-28(26)32-21-23(17-19-29(27)32)24-18-20-36-33(22-24)37-38(42-36)30-13-5-6-14-31(30)39-40-34-15-7-8-16-35(34)41(37)39/h1-22,39-40H. The highest BCUT2D eigenvalue weighted by atomic mass is 16.3. The highest BCUT2D eigenvalue weighted by Crippen LogP contribution is 2.57. The molecule has 3 heterocycles. The minimum absolute atomic E-state index is 0.0240. The van der Waals surface area contributed by atoms with Gasteiger partial charge in [0, 0.05) is 16.5 Å². The van der Waals surface area contributed by atoms with Gasteiger partial charge in [-0.05, 0) is 73.8 Å². The quantitative estimate of drug-likeness (QED) is 0.212. The normalized spacial score (nSPS) is 15.0. The number of furan rings is 1. The number of benzene rings is 7. The van der Waals surface area contributed by atoms with Crippen LogP contribution in [0, 0.1) is 0 Å². The zero-order chi connectivity index (χ0) is 27.4. The Morgan fingerprint density at radius 1 is 0.524 bits per heavy atom. The van der Waals surface area contributed by atoms with E-state index in [4.69, 9.17) is 4.42 Å². The van der Waals surface area contributed by atoms with Crippen LogP contribution in [0.1, 0.15) is 11.7 Å². The highest BCUT2D eigenvalue weighted by Gasteiger charge is 2.40. The van der Waals surface area contributed by atoms with Gasteiger partial charge in [0.05, 0.1) is 17.1 Å². The summed E-state index contributed by atoms with van der Waals surface area (Å²) in [6.45, 7) is 0. The molecule has 2 aliphatic rings. The molecule has 196 valence electrons. The Labute approximate surface area is 242 Å². The Morgan fingerprint density at radius 2 is 1.12 bits per heavy atom. The van der Waals surface area contributed by atoms with Crippen molar-refractivity contribution in [2.45, 2.75) is 6.17 Å². The highest BCUT2D eigenvalue weighted by molar-refractivity contribution is 6.25. The number of hydrogen-bond donors (Lipinski definition) is 1. The molecule has 42 heavy (non-hydrogen) atoms. The van der Waals surface area contributed by atoms with Crippen molar-refractivity contribution in [1.82, 2.24) is 0 Å². The van der Waals surface area contributed by atoms with Crippen molar-refractivity contribution in [1.29, 1.82) is 0 Å². The van der Waals surface area contributed by atoms with Gasteiger partial charge < -0.3 is 14.6 Å². The largest absolute Gasteiger partial charge is 0.454 e. The van der Waals surface area contributed by atoms with E-state index in [2.05, 4.69) is 144 Å². The van der Waals surface area contributed by atoms with Crippen molar-refractivity contribution in [2.75, 3.05) is 10.2 Å². The monoisotopic (exact) mass is 536 g/mol. The van der Waals surface area contributed by atoms with Gasteiger partial charge in [0.25, 0.3) is 0 Å². The molecule has 0 amide bonds. The zero-order valence-electron chi connectivity index (χ0n) is 22.6. The summed E-state index contributed by atoms with van der Waals surface area (Å²) >= 11 is 0. The second-order valence-electron chi connectivity index (χ2n) is 11.4. The third-order valence-corrected chi connectivity index (χ3v) is 9.19. The fourth-order valence-corrected chi connectivity index (χ4v) is 7.34. The summed E-state index contributed by atoms with van der Waals surface area (Å²) in [5.41, 5.74) is 9.12. The van der Waals surface area contributed by atoms with E-state index in [1.54, 1.807) is 0 Å². The number of nitrogens with one attached hydrogen (secondary N) is 1. The lowest BCUT2D eigenvalue weighted by atomic mass is 9.91. The topological polar surface area (TPSA) is 28.4 Å². The third-order valence-electron chi connectivity index (χ3n) is 9.19. The first-order valence-corrected chi connectivity index (χ1v) is 14.5. The summed E-state index contributed by atoms with van der Waals surface area (Å²) < 4.78 is 6.64. The predicted molar refractivity (Wildman–Crippen MR) is 175 cm³/mol. The van der Waals surface area contributed by atoms with Gasteiger partial charge in [-0.1, -0.05) is 103 Å². The van der Waals surface area contributed by atoms with Gasteiger partial charge in [-0.3, -0.25) is 0 Å². The number of fused-ring (bicyclic) bond motifs is 16. The maximum Gasteiger partial charge on any atom is 0.159 e. The van der Waals surface area contributed by atoms with Gasteiger partial charge >= 0.3 is 0 Å². The van der Waals surface area contributed by atoms with Gasteiger partial charge in [-0.2, -0.15) is 0 Å². The van der Waals surface area contributed by atoms with Gasteiger partial charge in [0.2, 0.25) is 0 Å². The molecule has 0 fully saturated rings. The molecule has 7 aromatic carbocycles. The van der Waals surface area contributed by atoms with E-state index in [0.29, 0.717) is 0 Å². The predicted octanol–water partition coefficient (Wildman–Crippen LogP) is 10.8. The first kappa shape index (κ1) is 22.2. The minimum atomic E-state index is 0.0240. The Morgan fingerprint density at radius 3 is 1.90 bits per heavy atom. The third kappa shape index (κ3) is 2.84. The molecule has 2 aliphatic heterocycles. The van der Waals surface area contributed by atoms with E-state index in [1.165, 1.54) is 54.7 Å². The van der Waals surface area contributed by atoms with Crippen molar-refractivity contribution < 1.29 is 4.42 Å². The molecule has 0 aliphatic carbocycles. The Kier molecular flexibility index (Phi) is 4.24. The fourth-order valence-electron chi connectivity index (χ4n) is 7.34. The van der Waals surface area contributed by atoms with E-state index in [9.17, 15) is 0 Å². The van der Waals surface area contributed by atoms with E-state index in [-0.39, 0.29) is 6.17 Å². The van der Waals surface area contributed by atoms with Crippen LogP contribution in [-0.2, 0) is 0 Å². The van der Waals surface area contributed by atoms with E-state index < -0.39 is 0 Å². The summed E-state index contributed by atoms with van der Waals surface area (Å²) in [5.74, 6) is 0.934. The van der Waals surface area contributed by atoms with Crippen molar-refractivity contribution in [2.24, 2.45) is 0 Å². The van der Waals surface area contributed by atoms with Crippen LogP contribution in [0.25, 0.3) is 65.7 Å². The van der Waals surface area contributed by atoms with Crippen LogP contribution >= 0.6 is 0 Å². The molecule has 1 N–H and O–H groups in total. The minimum Gasteiger partial charge on any atom is -0.454 e. The van der Waals surface area contributed by atoms with E-state index >= 15 is 0 Å². The van der Waals surface area contributed by atoms with Gasteiger partial charge in [0.15, 0.2) is 5.76 Å². The maximum atomic E-state index is 6.64. The molecule has 1 aromatic heterocycles. The fraction of sp³-hybridized carbons (Fsp3) is 0.0256. The summed E-state index contributed by atoms with van der Waals surface area (Å²) in [7, 11) is 0. The summed E-state index contributed by atoms with van der Waals surface area (Å²) in [4.78, 5) is 2.42.